The lowest BCUT2D eigenvalue weighted by atomic mass is 10.0. The Kier molecular flexibility index (Phi) is 9.99. The molecule has 0 aliphatic heterocycles. The largest absolute Gasteiger partial charge is 0.383 e. The van der Waals surface area contributed by atoms with E-state index < -0.39 is 0 Å². The minimum Gasteiger partial charge on any atom is -0.383 e. The molecule has 98 valence electrons. The molecule has 2 atom stereocenters. The van der Waals surface area contributed by atoms with E-state index in [0.717, 1.165) is 32.6 Å². The van der Waals surface area contributed by atoms with Crippen molar-refractivity contribution in [1.29, 1.82) is 0 Å². The predicted octanol–water partition coefficient (Wildman–Crippen LogP) is 2.45. The fraction of sp³-hybridized carbons (Fsp3) is 1.00. The lowest BCUT2D eigenvalue weighted by Crippen LogP contribution is -2.35. The third-order valence-corrected chi connectivity index (χ3v) is 2.85. The summed E-state index contributed by atoms with van der Waals surface area (Å²) >= 11 is 0. The van der Waals surface area contributed by atoms with Crippen molar-refractivity contribution < 1.29 is 9.47 Å². The molecule has 0 aromatic heterocycles. The van der Waals surface area contributed by atoms with Gasteiger partial charge in [0.2, 0.25) is 0 Å². The Morgan fingerprint density at radius 1 is 1.19 bits per heavy atom. The van der Waals surface area contributed by atoms with Gasteiger partial charge in [0.1, 0.15) is 0 Å². The van der Waals surface area contributed by atoms with Crippen molar-refractivity contribution in [1.82, 2.24) is 5.32 Å². The second-order valence-electron chi connectivity index (χ2n) is 4.54. The van der Waals surface area contributed by atoms with Gasteiger partial charge in [0.15, 0.2) is 0 Å². The van der Waals surface area contributed by atoms with Gasteiger partial charge >= 0.3 is 0 Å². The highest BCUT2D eigenvalue weighted by Gasteiger charge is 2.13. The zero-order valence-corrected chi connectivity index (χ0v) is 11.6. The molecule has 0 heterocycles. The van der Waals surface area contributed by atoms with Crippen LogP contribution in [0, 0.1) is 5.92 Å². The molecule has 0 saturated carbocycles. The predicted molar refractivity (Wildman–Crippen MR) is 68.8 cm³/mol. The summed E-state index contributed by atoms with van der Waals surface area (Å²) in [4.78, 5) is 0. The number of ether oxygens (including phenoxy) is 2. The van der Waals surface area contributed by atoms with Crippen LogP contribution in [0.4, 0.5) is 0 Å². The fourth-order valence-corrected chi connectivity index (χ4v) is 1.78. The van der Waals surface area contributed by atoms with Gasteiger partial charge in [-0.3, -0.25) is 0 Å². The van der Waals surface area contributed by atoms with Crippen molar-refractivity contribution in [3.63, 3.8) is 0 Å². The Labute approximate surface area is 101 Å². The maximum atomic E-state index is 5.71. The normalized spacial score (nSPS) is 15.4. The summed E-state index contributed by atoms with van der Waals surface area (Å²) in [6.07, 6.45) is 2.55. The molecule has 0 amide bonds. The number of methoxy groups -OCH3 is 1. The van der Waals surface area contributed by atoms with Crippen LogP contribution in [-0.2, 0) is 9.47 Å². The third-order valence-electron chi connectivity index (χ3n) is 2.85. The Hall–Kier alpha value is -0.120. The first-order valence-electron chi connectivity index (χ1n) is 6.49. The van der Waals surface area contributed by atoms with Gasteiger partial charge in [-0.1, -0.05) is 20.8 Å². The highest BCUT2D eigenvalue weighted by molar-refractivity contribution is 4.68. The van der Waals surface area contributed by atoms with E-state index in [9.17, 15) is 0 Å². The van der Waals surface area contributed by atoms with Gasteiger partial charge in [-0.2, -0.15) is 0 Å². The monoisotopic (exact) mass is 231 g/mol. The van der Waals surface area contributed by atoms with Gasteiger partial charge < -0.3 is 14.8 Å². The van der Waals surface area contributed by atoms with E-state index >= 15 is 0 Å². The van der Waals surface area contributed by atoms with Crippen molar-refractivity contribution in [2.45, 2.75) is 52.7 Å². The second-order valence-corrected chi connectivity index (χ2v) is 4.54. The van der Waals surface area contributed by atoms with Gasteiger partial charge in [-0.05, 0) is 32.2 Å². The molecule has 0 aromatic carbocycles. The number of hydrogen-bond donors (Lipinski definition) is 1. The van der Waals surface area contributed by atoms with Gasteiger partial charge in [0.05, 0.1) is 12.7 Å². The zero-order valence-electron chi connectivity index (χ0n) is 11.6. The van der Waals surface area contributed by atoms with E-state index in [-0.39, 0.29) is 0 Å². The minimum atomic E-state index is 0.373. The van der Waals surface area contributed by atoms with Crippen molar-refractivity contribution in [2.75, 3.05) is 26.9 Å². The molecule has 0 fully saturated rings. The lowest BCUT2D eigenvalue weighted by molar-refractivity contribution is 0.0240. The van der Waals surface area contributed by atoms with Crippen LogP contribution in [-0.4, -0.2) is 39.0 Å². The van der Waals surface area contributed by atoms with Crippen molar-refractivity contribution in [3.05, 3.63) is 0 Å². The van der Waals surface area contributed by atoms with E-state index in [0.29, 0.717) is 18.1 Å². The molecule has 3 heteroatoms. The van der Waals surface area contributed by atoms with Crippen molar-refractivity contribution in [2.24, 2.45) is 5.92 Å². The van der Waals surface area contributed by atoms with Crippen LogP contribution < -0.4 is 5.32 Å². The molecule has 0 aromatic rings. The molecule has 2 unspecified atom stereocenters. The van der Waals surface area contributed by atoms with Gasteiger partial charge in [-0.15, -0.1) is 0 Å². The van der Waals surface area contributed by atoms with Crippen LogP contribution in [0.5, 0.6) is 0 Å². The maximum Gasteiger partial charge on any atom is 0.0615 e. The average Bonchev–Trinajstić information content (AvgIpc) is 2.26. The molecule has 16 heavy (non-hydrogen) atoms. The quantitative estimate of drug-likeness (QED) is 0.626. The molecule has 1 N–H and O–H groups in total. The van der Waals surface area contributed by atoms with Crippen molar-refractivity contribution >= 4 is 0 Å². The van der Waals surface area contributed by atoms with Gasteiger partial charge in [-0.25, -0.2) is 0 Å². The summed E-state index contributed by atoms with van der Waals surface area (Å²) in [5.74, 6) is 0.587. The van der Waals surface area contributed by atoms with E-state index in [4.69, 9.17) is 9.47 Å². The summed E-state index contributed by atoms with van der Waals surface area (Å²) in [6.45, 7) is 11.3. The molecular weight excluding hydrogens is 202 g/mol. The molecule has 0 bridgehead atoms. The first-order valence-corrected chi connectivity index (χ1v) is 6.49. The highest BCUT2D eigenvalue weighted by atomic mass is 16.5. The summed E-state index contributed by atoms with van der Waals surface area (Å²) in [7, 11) is 1.75. The van der Waals surface area contributed by atoms with Crippen LogP contribution in [0.2, 0.25) is 0 Å². The van der Waals surface area contributed by atoms with Gasteiger partial charge in [0, 0.05) is 19.8 Å². The first kappa shape index (κ1) is 15.9. The summed E-state index contributed by atoms with van der Waals surface area (Å²) in [5.41, 5.74) is 0. The summed E-state index contributed by atoms with van der Waals surface area (Å²) in [5, 5.41) is 3.51. The molecule has 0 radical (unpaired) electrons. The van der Waals surface area contributed by atoms with E-state index in [2.05, 4.69) is 33.0 Å². The summed E-state index contributed by atoms with van der Waals surface area (Å²) in [6, 6.07) is 0.472. The van der Waals surface area contributed by atoms with E-state index in [1.54, 1.807) is 7.11 Å². The van der Waals surface area contributed by atoms with Crippen LogP contribution >= 0.6 is 0 Å². The third kappa shape index (κ3) is 7.20. The lowest BCUT2D eigenvalue weighted by Gasteiger charge is -2.22. The first-order chi connectivity index (χ1) is 7.65. The Balaban J connectivity index is 3.74. The molecule has 0 rings (SSSR count). The highest BCUT2D eigenvalue weighted by Crippen LogP contribution is 2.10. The molecular formula is C13H29NO2. The topological polar surface area (TPSA) is 30.5 Å². The number of rotatable bonds is 10. The number of hydrogen-bond acceptors (Lipinski definition) is 3. The molecule has 0 aliphatic carbocycles. The number of nitrogens with one attached hydrogen (secondary N) is 1. The summed E-state index contributed by atoms with van der Waals surface area (Å²) < 4.78 is 10.9. The Morgan fingerprint density at radius 2 is 1.88 bits per heavy atom. The van der Waals surface area contributed by atoms with E-state index in [1.807, 2.05) is 0 Å². The van der Waals surface area contributed by atoms with Crippen molar-refractivity contribution in [3.8, 4) is 0 Å². The standard InChI is InChI=1S/C13H29NO2/c1-6-12(10-15-5)14-9-8-13(11(3)4)16-7-2/h11-14H,6-10H2,1-5H3. The average molecular weight is 231 g/mol. The molecule has 3 nitrogen and oxygen atoms in total. The fourth-order valence-electron chi connectivity index (χ4n) is 1.78. The minimum absolute atomic E-state index is 0.373. The van der Waals surface area contributed by atoms with Crippen LogP contribution in [0.1, 0.15) is 40.5 Å². The van der Waals surface area contributed by atoms with E-state index in [1.165, 1.54) is 0 Å². The van der Waals surface area contributed by atoms with Crippen LogP contribution in [0.15, 0.2) is 0 Å². The zero-order chi connectivity index (χ0) is 12.4. The smallest absolute Gasteiger partial charge is 0.0615 e. The maximum absolute atomic E-state index is 5.71. The second kappa shape index (κ2) is 10.1. The molecule has 0 saturated heterocycles. The van der Waals surface area contributed by atoms with Crippen LogP contribution in [0.3, 0.4) is 0 Å². The van der Waals surface area contributed by atoms with Crippen LogP contribution in [0.25, 0.3) is 0 Å². The Bertz CT molecular complexity index is 151. The Morgan fingerprint density at radius 3 is 2.31 bits per heavy atom. The SMILES string of the molecule is CCOC(CCNC(CC)COC)C(C)C. The molecule has 0 aliphatic rings. The molecule has 0 spiro atoms. The van der Waals surface area contributed by atoms with Gasteiger partial charge in [0.25, 0.3) is 0 Å².